The number of hydrogen-bond donors (Lipinski definition) is 2. The highest BCUT2D eigenvalue weighted by molar-refractivity contribution is 6.74. The predicted octanol–water partition coefficient (Wildman–Crippen LogP) is 5.28. The second-order valence-electron chi connectivity index (χ2n) is 12.1. The minimum Gasteiger partial charge on any atom is -0.413 e. The highest BCUT2D eigenvalue weighted by Gasteiger charge is 2.58. The fraction of sp³-hybridized carbons (Fsp3) is 0.917. The second-order valence-corrected chi connectivity index (χ2v) is 16.9. The Morgan fingerprint density at radius 2 is 1.79 bits per heavy atom. The quantitative estimate of drug-likeness (QED) is 0.484. The number of fused-ring (bicyclic) bond motifs is 5. The van der Waals surface area contributed by atoms with E-state index in [0.717, 1.165) is 24.7 Å². The first-order valence-corrected chi connectivity index (χ1v) is 14.6. The first-order valence-electron chi connectivity index (χ1n) is 11.7. The molecule has 28 heavy (non-hydrogen) atoms. The van der Waals surface area contributed by atoms with E-state index in [1.54, 1.807) is 0 Å². The summed E-state index contributed by atoms with van der Waals surface area (Å²) in [5, 5.41) is 20.6. The molecule has 0 aromatic carbocycles. The highest BCUT2D eigenvalue weighted by Crippen LogP contribution is 2.63. The Balaban J connectivity index is 1.54. The first kappa shape index (κ1) is 21.1. The number of aliphatic hydroxyl groups excluding tert-OH is 2. The van der Waals surface area contributed by atoms with Crippen LogP contribution in [0, 0.1) is 29.1 Å². The lowest BCUT2D eigenvalue weighted by molar-refractivity contribution is -0.0617. The molecule has 2 N–H and O–H groups in total. The van der Waals surface area contributed by atoms with Crippen LogP contribution >= 0.6 is 0 Å². The molecule has 2 unspecified atom stereocenters. The van der Waals surface area contributed by atoms with Gasteiger partial charge in [-0.25, -0.2) is 0 Å². The zero-order chi connectivity index (χ0) is 20.5. The van der Waals surface area contributed by atoms with Gasteiger partial charge in [-0.1, -0.05) is 39.3 Å². The Kier molecular flexibility index (Phi) is 5.22. The van der Waals surface area contributed by atoms with Crippen molar-refractivity contribution in [1.29, 1.82) is 0 Å². The lowest BCUT2D eigenvalue weighted by Gasteiger charge is -2.55. The van der Waals surface area contributed by atoms with E-state index < -0.39 is 20.5 Å². The average Bonchev–Trinajstić information content (AvgIpc) is 2.91. The van der Waals surface area contributed by atoms with Crippen LogP contribution in [0.15, 0.2) is 11.6 Å². The van der Waals surface area contributed by atoms with Gasteiger partial charge in [0.1, 0.15) is 0 Å². The van der Waals surface area contributed by atoms with Crippen LogP contribution < -0.4 is 0 Å². The Hall–Kier alpha value is -0.163. The van der Waals surface area contributed by atoms with E-state index in [0.29, 0.717) is 23.4 Å². The Labute approximate surface area is 173 Å². The molecule has 4 aliphatic rings. The molecule has 160 valence electrons. The van der Waals surface area contributed by atoms with Crippen molar-refractivity contribution in [1.82, 2.24) is 0 Å². The molecule has 0 saturated heterocycles. The summed E-state index contributed by atoms with van der Waals surface area (Å²) >= 11 is 0. The molecule has 4 rings (SSSR count). The third-order valence-corrected chi connectivity index (χ3v) is 14.2. The molecular formula is C24H42O3Si. The molecule has 4 heteroatoms. The molecule has 0 aromatic heterocycles. The molecular weight excluding hydrogens is 364 g/mol. The number of allylic oxidation sites excluding steroid dienone is 1. The van der Waals surface area contributed by atoms with Crippen LogP contribution in [-0.4, -0.2) is 36.8 Å². The number of aliphatic hydroxyl groups is 2. The normalized spacial score (nSPS) is 46.4. The van der Waals surface area contributed by atoms with E-state index in [9.17, 15) is 10.2 Å². The van der Waals surface area contributed by atoms with Gasteiger partial charge in [-0.2, -0.15) is 0 Å². The summed E-state index contributed by atoms with van der Waals surface area (Å²) in [4.78, 5) is 0. The SMILES string of the molecule is CC(C)(C)[Si](C)(C)O[C@H]1CC[C@H]2[C@@H]3CCC4=CC(O)C(O)C[C@@H]4[C@H]3CC[C@]12C. The number of rotatable bonds is 2. The summed E-state index contributed by atoms with van der Waals surface area (Å²) < 4.78 is 7.01. The summed E-state index contributed by atoms with van der Waals surface area (Å²) in [6.45, 7) is 14.4. The van der Waals surface area contributed by atoms with Crippen LogP contribution in [-0.2, 0) is 4.43 Å². The average molecular weight is 407 g/mol. The van der Waals surface area contributed by atoms with Gasteiger partial charge in [0.2, 0.25) is 0 Å². The molecule has 0 amide bonds. The molecule has 0 heterocycles. The molecule has 3 nitrogen and oxygen atoms in total. The van der Waals surface area contributed by atoms with Crippen LogP contribution in [0.5, 0.6) is 0 Å². The van der Waals surface area contributed by atoms with Crippen molar-refractivity contribution < 1.29 is 14.6 Å². The monoisotopic (exact) mass is 406 g/mol. The zero-order valence-corrected chi connectivity index (χ0v) is 19.9. The van der Waals surface area contributed by atoms with E-state index >= 15 is 0 Å². The molecule has 0 aromatic rings. The smallest absolute Gasteiger partial charge is 0.192 e. The van der Waals surface area contributed by atoms with Gasteiger partial charge in [-0.15, -0.1) is 0 Å². The maximum atomic E-state index is 10.3. The molecule has 4 aliphatic carbocycles. The van der Waals surface area contributed by atoms with Gasteiger partial charge in [-0.3, -0.25) is 0 Å². The van der Waals surface area contributed by atoms with Crippen molar-refractivity contribution in [3.05, 3.63) is 11.6 Å². The van der Waals surface area contributed by atoms with Gasteiger partial charge in [0.15, 0.2) is 8.32 Å². The molecule has 0 aliphatic heterocycles. The second kappa shape index (κ2) is 6.93. The van der Waals surface area contributed by atoms with Crippen molar-refractivity contribution in [2.45, 2.75) is 109 Å². The van der Waals surface area contributed by atoms with Gasteiger partial charge >= 0.3 is 0 Å². The van der Waals surface area contributed by atoms with Crippen LogP contribution in [0.1, 0.15) is 72.6 Å². The van der Waals surface area contributed by atoms with E-state index in [2.05, 4.69) is 40.8 Å². The van der Waals surface area contributed by atoms with Gasteiger partial charge in [0.25, 0.3) is 0 Å². The van der Waals surface area contributed by atoms with Gasteiger partial charge in [-0.05, 0) is 92.2 Å². The third kappa shape index (κ3) is 3.27. The van der Waals surface area contributed by atoms with E-state index in [-0.39, 0.29) is 5.04 Å². The van der Waals surface area contributed by atoms with E-state index in [4.69, 9.17) is 4.43 Å². The zero-order valence-electron chi connectivity index (χ0n) is 18.9. The summed E-state index contributed by atoms with van der Waals surface area (Å²) in [5.41, 5.74) is 1.76. The minimum atomic E-state index is -1.75. The summed E-state index contributed by atoms with van der Waals surface area (Å²) in [6.07, 6.45) is 9.42. The predicted molar refractivity (Wildman–Crippen MR) is 117 cm³/mol. The highest BCUT2D eigenvalue weighted by atomic mass is 28.4. The minimum absolute atomic E-state index is 0.266. The molecule has 3 saturated carbocycles. The topological polar surface area (TPSA) is 49.7 Å². The van der Waals surface area contributed by atoms with E-state index in [1.807, 2.05) is 6.08 Å². The van der Waals surface area contributed by atoms with Crippen molar-refractivity contribution in [2.75, 3.05) is 0 Å². The van der Waals surface area contributed by atoms with Crippen LogP contribution in [0.25, 0.3) is 0 Å². The fourth-order valence-corrected chi connectivity index (χ4v) is 8.42. The van der Waals surface area contributed by atoms with Crippen LogP contribution in [0.3, 0.4) is 0 Å². The Morgan fingerprint density at radius 1 is 1.07 bits per heavy atom. The first-order chi connectivity index (χ1) is 12.9. The van der Waals surface area contributed by atoms with Gasteiger partial charge in [0.05, 0.1) is 18.3 Å². The molecule has 0 radical (unpaired) electrons. The summed E-state index contributed by atoms with van der Waals surface area (Å²) in [5.74, 6) is 2.75. The van der Waals surface area contributed by atoms with Crippen molar-refractivity contribution in [3.63, 3.8) is 0 Å². The maximum absolute atomic E-state index is 10.3. The van der Waals surface area contributed by atoms with Gasteiger partial charge in [0, 0.05) is 0 Å². The largest absolute Gasteiger partial charge is 0.413 e. The fourth-order valence-electron chi connectivity index (χ4n) is 6.97. The Bertz CT molecular complexity index is 636. The standard InChI is InChI=1S/C24H42O3Si/c1-23(2,3)28(5,6)27-22-10-9-19-17-8-7-15-13-20(25)21(26)14-18(15)16(17)11-12-24(19,22)4/h13,16-22,25-26H,7-12,14H2,1-6H3/t16-,17+,18-,19-,20?,21?,22-,24-/m0/s1. The molecule has 0 spiro atoms. The van der Waals surface area contributed by atoms with E-state index in [1.165, 1.54) is 37.7 Å². The Morgan fingerprint density at radius 3 is 2.46 bits per heavy atom. The third-order valence-electron chi connectivity index (χ3n) is 9.68. The van der Waals surface area contributed by atoms with Crippen molar-refractivity contribution in [3.8, 4) is 0 Å². The van der Waals surface area contributed by atoms with Gasteiger partial charge < -0.3 is 14.6 Å². The lowest BCUT2D eigenvalue weighted by Crippen LogP contribution is -2.52. The summed E-state index contributed by atoms with van der Waals surface area (Å²) in [7, 11) is -1.75. The molecule has 3 fully saturated rings. The maximum Gasteiger partial charge on any atom is 0.192 e. The lowest BCUT2D eigenvalue weighted by atomic mass is 9.52. The van der Waals surface area contributed by atoms with Crippen molar-refractivity contribution >= 4 is 8.32 Å². The van der Waals surface area contributed by atoms with Crippen molar-refractivity contribution in [2.24, 2.45) is 29.1 Å². The van der Waals surface area contributed by atoms with Crippen LogP contribution in [0.4, 0.5) is 0 Å². The molecule has 0 bridgehead atoms. The number of hydrogen-bond acceptors (Lipinski definition) is 3. The van der Waals surface area contributed by atoms with Crippen LogP contribution in [0.2, 0.25) is 18.1 Å². The molecule has 8 atom stereocenters. The summed E-state index contributed by atoms with van der Waals surface area (Å²) in [6, 6.07) is 0.